The highest BCUT2D eigenvalue weighted by Gasteiger charge is 2.24. The van der Waals surface area contributed by atoms with E-state index in [0.29, 0.717) is 18.1 Å². The lowest BCUT2D eigenvalue weighted by molar-refractivity contribution is 0.491. The first-order valence-electron chi connectivity index (χ1n) is 8.52. The van der Waals surface area contributed by atoms with Gasteiger partial charge >= 0.3 is 0 Å². The van der Waals surface area contributed by atoms with Crippen molar-refractivity contribution in [3.8, 4) is 0 Å². The van der Waals surface area contributed by atoms with Crippen LogP contribution in [-0.2, 0) is 16.6 Å². The number of aliphatic imine (C=N–C) groups is 1. The number of hydrogen-bond donors (Lipinski definition) is 3. The van der Waals surface area contributed by atoms with E-state index in [9.17, 15) is 8.42 Å². The smallest absolute Gasteiger partial charge is 0.241 e. The molecule has 0 aliphatic rings. The quantitative estimate of drug-likeness (QED) is 0.288. The van der Waals surface area contributed by atoms with E-state index in [-0.39, 0.29) is 33.6 Å². The number of hydrogen-bond acceptors (Lipinski definition) is 4. The summed E-state index contributed by atoms with van der Waals surface area (Å²) in [6.45, 7) is 10.9. The van der Waals surface area contributed by atoms with Crippen LogP contribution in [0, 0.1) is 0 Å². The average Bonchev–Trinajstić information content (AvgIpc) is 2.53. The van der Waals surface area contributed by atoms with Crippen molar-refractivity contribution in [2.45, 2.75) is 56.3 Å². The standard InChI is InChI=1S/C18H32N4O2S2.HI/c1-17(2,3)22-26(23,24)15-11-9-8-10-14(15)12-20-16(19-6)21-13-18(4,5)25-7;/h8-11,22H,12-13H2,1-7H3,(H2,19,20,21);1H. The van der Waals surface area contributed by atoms with Crippen LogP contribution in [0.15, 0.2) is 34.2 Å². The maximum absolute atomic E-state index is 12.7. The van der Waals surface area contributed by atoms with Crippen LogP contribution in [0.3, 0.4) is 0 Å². The lowest BCUT2D eigenvalue weighted by atomic mass is 10.1. The maximum atomic E-state index is 12.7. The SMILES string of the molecule is CN=C(NCc1ccccc1S(=O)(=O)NC(C)(C)C)NCC(C)(C)SC.I. The molecule has 1 rings (SSSR count). The van der Waals surface area contributed by atoms with Crippen LogP contribution in [-0.4, -0.2) is 44.5 Å². The molecule has 0 aliphatic carbocycles. The third kappa shape index (κ3) is 9.49. The van der Waals surface area contributed by atoms with E-state index in [4.69, 9.17) is 0 Å². The topological polar surface area (TPSA) is 82.6 Å². The summed E-state index contributed by atoms with van der Waals surface area (Å²) in [6.07, 6.45) is 2.07. The summed E-state index contributed by atoms with van der Waals surface area (Å²) in [5.41, 5.74) is 0.150. The molecule has 0 bridgehead atoms. The number of guanidine groups is 1. The third-order valence-corrected chi connectivity index (χ3v) is 6.71. The predicted molar refractivity (Wildman–Crippen MR) is 128 cm³/mol. The first kappa shape index (κ1) is 26.5. The molecule has 0 saturated heterocycles. The molecular formula is C18H33IN4O2S2. The Hall–Kier alpha value is -0.520. The summed E-state index contributed by atoms with van der Waals surface area (Å²) < 4.78 is 28.2. The predicted octanol–water partition coefficient (Wildman–Crippen LogP) is 3.19. The zero-order chi connectivity index (χ0) is 20.0. The molecule has 156 valence electrons. The number of benzene rings is 1. The van der Waals surface area contributed by atoms with Gasteiger partial charge in [-0.1, -0.05) is 18.2 Å². The summed E-state index contributed by atoms with van der Waals surface area (Å²) in [5.74, 6) is 0.642. The van der Waals surface area contributed by atoms with Crippen LogP contribution in [0.25, 0.3) is 0 Å². The van der Waals surface area contributed by atoms with Gasteiger partial charge in [-0.25, -0.2) is 13.1 Å². The Labute approximate surface area is 185 Å². The van der Waals surface area contributed by atoms with Crippen LogP contribution < -0.4 is 15.4 Å². The molecule has 0 unspecified atom stereocenters. The second kappa shape index (κ2) is 10.9. The van der Waals surface area contributed by atoms with Gasteiger partial charge in [-0.3, -0.25) is 4.99 Å². The Morgan fingerprint density at radius 3 is 2.22 bits per heavy atom. The molecule has 1 aromatic carbocycles. The fraction of sp³-hybridized carbons (Fsp3) is 0.611. The largest absolute Gasteiger partial charge is 0.355 e. The Balaban J connectivity index is 0.00000676. The second-order valence-electron chi connectivity index (χ2n) is 7.71. The molecule has 0 saturated carbocycles. The molecule has 1 aromatic rings. The minimum atomic E-state index is -3.60. The zero-order valence-corrected chi connectivity index (χ0v) is 21.2. The van der Waals surface area contributed by atoms with E-state index in [1.807, 2.05) is 32.9 Å². The average molecular weight is 529 g/mol. The van der Waals surface area contributed by atoms with Gasteiger partial charge in [0.15, 0.2) is 5.96 Å². The first-order valence-corrected chi connectivity index (χ1v) is 11.2. The Kier molecular flexibility index (Phi) is 10.7. The molecule has 6 nitrogen and oxygen atoms in total. The molecule has 0 amide bonds. The van der Waals surface area contributed by atoms with Crippen molar-refractivity contribution in [3.63, 3.8) is 0 Å². The van der Waals surface area contributed by atoms with Crippen LogP contribution in [0.1, 0.15) is 40.2 Å². The van der Waals surface area contributed by atoms with E-state index in [2.05, 4.69) is 40.5 Å². The van der Waals surface area contributed by atoms with Crippen molar-refractivity contribution in [2.75, 3.05) is 19.8 Å². The van der Waals surface area contributed by atoms with Gasteiger partial charge in [-0.05, 0) is 52.5 Å². The molecule has 0 aliphatic heterocycles. The number of rotatable bonds is 7. The second-order valence-corrected chi connectivity index (χ2v) is 10.9. The number of thioether (sulfide) groups is 1. The van der Waals surface area contributed by atoms with Crippen LogP contribution in [0.5, 0.6) is 0 Å². The van der Waals surface area contributed by atoms with E-state index in [0.717, 1.165) is 6.54 Å². The summed E-state index contributed by atoms with van der Waals surface area (Å²) >= 11 is 1.77. The summed E-state index contributed by atoms with van der Waals surface area (Å²) in [6, 6.07) is 7.00. The lowest BCUT2D eigenvalue weighted by Crippen LogP contribution is -2.43. The van der Waals surface area contributed by atoms with Crippen LogP contribution in [0.2, 0.25) is 0 Å². The first-order chi connectivity index (χ1) is 11.9. The number of nitrogens with zero attached hydrogens (tertiary/aromatic N) is 1. The molecule has 9 heteroatoms. The summed E-state index contributed by atoms with van der Waals surface area (Å²) in [7, 11) is -1.90. The monoisotopic (exact) mass is 528 g/mol. The molecule has 3 N–H and O–H groups in total. The molecule has 0 fully saturated rings. The maximum Gasteiger partial charge on any atom is 0.241 e. The van der Waals surface area contributed by atoms with E-state index in [1.165, 1.54) is 0 Å². The van der Waals surface area contributed by atoms with Gasteiger partial charge in [-0.15, -0.1) is 24.0 Å². The van der Waals surface area contributed by atoms with Crippen molar-refractivity contribution < 1.29 is 8.42 Å². The van der Waals surface area contributed by atoms with E-state index in [1.54, 1.807) is 30.9 Å². The van der Waals surface area contributed by atoms with Crippen molar-refractivity contribution in [1.82, 2.24) is 15.4 Å². The van der Waals surface area contributed by atoms with Gasteiger partial charge < -0.3 is 10.6 Å². The number of sulfonamides is 1. The Morgan fingerprint density at radius 1 is 1.11 bits per heavy atom. The Bertz CT molecular complexity index is 729. The van der Waals surface area contributed by atoms with Crippen molar-refractivity contribution in [1.29, 1.82) is 0 Å². The van der Waals surface area contributed by atoms with Crippen molar-refractivity contribution >= 4 is 51.7 Å². The van der Waals surface area contributed by atoms with Gasteiger partial charge in [0.05, 0.1) is 4.90 Å². The molecule has 0 heterocycles. The molecule has 27 heavy (non-hydrogen) atoms. The van der Waals surface area contributed by atoms with E-state index < -0.39 is 15.6 Å². The fourth-order valence-corrected chi connectivity index (χ4v) is 4.01. The Morgan fingerprint density at radius 2 is 1.70 bits per heavy atom. The van der Waals surface area contributed by atoms with Crippen LogP contribution >= 0.6 is 35.7 Å². The van der Waals surface area contributed by atoms with Gasteiger partial charge in [0, 0.05) is 30.4 Å². The number of halogens is 1. The highest BCUT2D eigenvalue weighted by Crippen LogP contribution is 2.20. The lowest BCUT2D eigenvalue weighted by Gasteiger charge is -2.24. The van der Waals surface area contributed by atoms with Gasteiger partial charge in [0.1, 0.15) is 0 Å². The molecule has 0 radical (unpaired) electrons. The minimum Gasteiger partial charge on any atom is -0.355 e. The van der Waals surface area contributed by atoms with Gasteiger partial charge in [0.2, 0.25) is 10.0 Å². The van der Waals surface area contributed by atoms with Crippen molar-refractivity contribution in [2.24, 2.45) is 4.99 Å². The highest BCUT2D eigenvalue weighted by molar-refractivity contribution is 14.0. The molecular weight excluding hydrogens is 495 g/mol. The summed E-state index contributed by atoms with van der Waals surface area (Å²) in [5, 5.41) is 6.48. The fourth-order valence-electron chi connectivity index (χ4n) is 2.14. The molecule has 0 aromatic heterocycles. The minimum absolute atomic E-state index is 0. The molecule has 0 spiro atoms. The normalized spacial score (nSPS) is 13.1. The number of nitrogens with one attached hydrogen (secondary N) is 3. The van der Waals surface area contributed by atoms with Gasteiger partial charge in [-0.2, -0.15) is 11.8 Å². The van der Waals surface area contributed by atoms with Gasteiger partial charge in [0.25, 0.3) is 0 Å². The highest BCUT2D eigenvalue weighted by atomic mass is 127. The van der Waals surface area contributed by atoms with Crippen LogP contribution in [0.4, 0.5) is 0 Å². The van der Waals surface area contributed by atoms with E-state index >= 15 is 0 Å². The van der Waals surface area contributed by atoms with Crippen molar-refractivity contribution in [3.05, 3.63) is 29.8 Å². The molecule has 0 atom stereocenters. The third-order valence-electron chi connectivity index (χ3n) is 3.61. The zero-order valence-electron chi connectivity index (χ0n) is 17.2. The summed E-state index contributed by atoms with van der Waals surface area (Å²) in [4.78, 5) is 4.49.